The molecule has 0 aromatic heterocycles. The average Bonchev–Trinajstić information content (AvgIpc) is 3.12. The number of rotatable bonds is 5. The molecule has 4 rings (SSSR count). The first kappa shape index (κ1) is 16.6. The van der Waals surface area contributed by atoms with Crippen molar-refractivity contribution in [3.05, 3.63) is 29.8 Å². The minimum atomic E-state index is -0.296. The van der Waals surface area contributed by atoms with Crippen LogP contribution in [0, 0.1) is 5.92 Å². The van der Waals surface area contributed by atoms with E-state index in [-0.39, 0.29) is 23.8 Å². The monoisotopic (exact) mass is 341 g/mol. The van der Waals surface area contributed by atoms with Gasteiger partial charge in [0.05, 0.1) is 0 Å². The molecule has 25 heavy (non-hydrogen) atoms. The van der Waals surface area contributed by atoms with Gasteiger partial charge in [-0.3, -0.25) is 14.5 Å². The summed E-state index contributed by atoms with van der Waals surface area (Å²) in [6.45, 7) is 4.00. The summed E-state index contributed by atoms with van der Waals surface area (Å²) in [7, 11) is 0. The fourth-order valence-corrected chi connectivity index (χ4v) is 4.04. The van der Waals surface area contributed by atoms with E-state index in [1.807, 2.05) is 12.1 Å². The van der Waals surface area contributed by atoms with E-state index in [0.717, 1.165) is 57.5 Å². The zero-order valence-corrected chi connectivity index (χ0v) is 14.7. The quantitative estimate of drug-likeness (QED) is 0.896. The van der Waals surface area contributed by atoms with E-state index >= 15 is 0 Å². The maximum Gasteiger partial charge on any atom is 0.247 e. The maximum atomic E-state index is 12.7. The first-order valence-corrected chi connectivity index (χ1v) is 9.63. The highest BCUT2D eigenvalue weighted by Crippen LogP contribution is 2.34. The maximum absolute atomic E-state index is 12.7. The third kappa shape index (κ3) is 3.87. The molecular weight excluding hydrogens is 314 g/mol. The van der Waals surface area contributed by atoms with Crippen molar-refractivity contribution in [2.45, 2.75) is 51.1 Å². The average molecular weight is 341 g/mol. The van der Waals surface area contributed by atoms with Crippen LogP contribution in [0.25, 0.3) is 0 Å². The van der Waals surface area contributed by atoms with Crippen LogP contribution in [0.3, 0.4) is 0 Å². The Hall–Kier alpha value is -1.88. The van der Waals surface area contributed by atoms with Gasteiger partial charge >= 0.3 is 0 Å². The van der Waals surface area contributed by atoms with E-state index in [0.29, 0.717) is 0 Å². The molecule has 0 spiro atoms. The highest BCUT2D eigenvalue weighted by Gasteiger charge is 2.40. The summed E-state index contributed by atoms with van der Waals surface area (Å²) in [4.78, 5) is 29.3. The van der Waals surface area contributed by atoms with Crippen molar-refractivity contribution in [1.82, 2.24) is 9.80 Å². The standard InChI is InChI=1S/C20H27N3O2/c24-19(18-7-4-12-23(18)20(25)16-8-9-16)21-17-6-3-5-15(13-17)14-22-10-1-2-11-22/h3,5-6,13,16,18H,1-2,4,7-12,14H2,(H,21,24)/t18-/m0/s1. The van der Waals surface area contributed by atoms with Gasteiger partial charge in [0.2, 0.25) is 11.8 Å². The molecule has 5 heteroatoms. The summed E-state index contributed by atoms with van der Waals surface area (Å²) in [6.07, 6.45) is 6.24. The number of nitrogens with one attached hydrogen (secondary N) is 1. The van der Waals surface area contributed by atoms with Crippen LogP contribution in [0.4, 0.5) is 5.69 Å². The lowest BCUT2D eigenvalue weighted by Crippen LogP contribution is -2.43. The molecular formula is C20H27N3O2. The predicted molar refractivity (Wildman–Crippen MR) is 97.0 cm³/mol. The van der Waals surface area contributed by atoms with Gasteiger partial charge in [0, 0.05) is 24.7 Å². The van der Waals surface area contributed by atoms with Gasteiger partial charge in [0.25, 0.3) is 0 Å². The smallest absolute Gasteiger partial charge is 0.247 e. The van der Waals surface area contributed by atoms with Gasteiger partial charge in [0.1, 0.15) is 6.04 Å². The number of carbonyl (C=O) groups excluding carboxylic acids is 2. The molecule has 3 fully saturated rings. The highest BCUT2D eigenvalue weighted by molar-refractivity contribution is 5.98. The van der Waals surface area contributed by atoms with Gasteiger partial charge in [-0.2, -0.15) is 0 Å². The van der Waals surface area contributed by atoms with E-state index in [1.165, 1.54) is 18.4 Å². The normalized spacial score (nSPS) is 23.8. The van der Waals surface area contributed by atoms with Crippen LogP contribution >= 0.6 is 0 Å². The molecule has 1 saturated carbocycles. The van der Waals surface area contributed by atoms with E-state index in [4.69, 9.17) is 0 Å². The van der Waals surface area contributed by atoms with Crippen molar-refractivity contribution < 1.29 is 9.59 Å². The van der Waals surface area contributed by atoms with Crippen LogP contribution < -0.4 is 5.32 Å². The largest absolute Gasteiger partial charge is 0.330 e. The van der Waals surface area contributed by atoms with Gasteiger partial charge in [-0.25, -0.2) is 0 Å². The summed E-state index contributed by atoms with van der Waals surface area (Å²) < 4.78 is 0. The molecule has 2 aliphatic heterocycles. The SMILES string of the molecule is O=C(Nc1cccc(CN2CCCC2)c1)[C@@H]1CCCN1C(=O)C1CC1. The molecule has 2 amide bonds. The number of carbonyl (C=O) groups is 2. The van der Waals surface area contributed by atoms with Crippen molar-refractivity contribution in [1.29, 1.82) is 0 Å². The molecule has 1 atom stereocenters. The lowest BCUT2D eigenvalue weighted by molar-refractivity contribution is -0.137. The summed E-state index contributed by atoms with van der Waals surface area (Å²) in [6, 6.07) is 7.83. The summed E-state index contributed by atoms with van der Waals surface area (Å²) in [5, 5.41) is 3.04. The van der Waals surface area contributed by atoms with E-state index in [9.17, 15) is 9.59 Å². The third-order valence-corrected chi connectivity index (χ3v) is 5.56. The Labute approximate surface area is 149 Å². The molecule has 0 radical (unpaired) electrons. The second kappa shape index (κ2) is 7.16. The van der Waals surface area contributed by atoms with Crippen LogP contribution in [0.5, 0.6) is 0 Å². The Balaban J connectivity index is 1.39. The fraction of sp³-hybridized carbons (Fsp3) is 0.600. The Morgan fingerprint density at radius 2 is 1.84 bits per heavy atom. The number of anilines is 1. The van der Waals surface area contributed by atoms with E-state index < -0.39 is 0 Å². The van der Waals surface area contributed by atoms with Crippen molar-refractivity contribution in [2.24, 2.45) is 5.92 Å². The van der Waals surface area contributed by atoms with E-state index in [2.05, 4.69) is 22.3 Å². The zero-order chi connectivity index (χ0) is 17.2. The van der Waals surface area contributed by atoms with Crippen LogP contribution in [0.1, 0.15) is 44.1 Å². The van der Waals surface area contributed by atoms with Crippen LogP contribution in [0.15, 0.2) is 24.3 Å². The van der Waals surface area contributed by atoms with Crippen LogP contribution in [-0.2, 0) is 16.1 Å². The summed E-state index contributed by atoms with van der Waals surface area (Å²) in [5.74, 6) is 0.322. The molecule has 1 N–H and O–H groups in total. The molecule has 134 valence electrons. The number of benzene rings is 1. The molecule has 1 aromatic carbocycles. The third-order valence-electron chi connectivity index (χ3n) is 5.56. The molecule has 2 saturated heterocycles. The van der Waals surface area contributed by atoms with Crippen molar-refractivity contribution in [3.8, 4) is 0 Å². The minimum absolute atomic E-state index is 0.0372. The second-order valence-electron chi connectivity index (χ2n) is 7.64. The lowest BCUT2D eigenvalue weighted by Gasteiger charge is -2.24. The molecule has 2 heterocycles. The first-order chi connectivity index (χ1) is 12.2. The lowest BCUT2D eigenvalue weighted by atomic mass is 10.1. The van der Waals surface area contributed by atoms with Gasteiger partial charge < -0.3 is 10.2 Å². The zero-order valence-electron chi connectivity index (χ0n) is 14.7. The fourth-order valence-electron chi connectivity index (χ4n) is 4.04. The van der Waals surface area contributed by atoms with Gasteiger partial charge in [-0.1, -0.05) is 12.1 Å². The number of amides is 2. The predicted octanol–water partition coefficient (Wildman–Crippen LogP) is 2.62. The van der Waals surface area contributed by atoms with Crippen molar-refractivity contribution in [2.75, 3.05) is 25.0 Å². The Morgan fingerprint density at radius 1 is 1.04 bits per heavy atom. The Kier molecular flexibility index (Phi) is 4.75. The topological polar surface area (TPSA) is 52.7 Å². The number of hydrogen-bond acceptors (Lipinski definition) is 3. The molecule has 0 unspecified atom stereocenters. The Bertz CT molecular complexity index is 650. The minimum Gasteiger partial charge on any atom is -0.330 e. The summed E-state index contributed by atoms with van der Waals surface area (Å²) in [5.41, 5.74) is 2.07. The van der Waals surface area contributed by atoms with E-state index in [1.54, 1.807) is 4.90 Å². The van der Waals surface area contributed by atoms with Gasteiger partial charge in [-0.05, 0) is 69.3 Å². The Morgan fingerprint density at radius 3 is 2.60 bits per heavy atom. The number of hydrogen-bond donors (Lipinski definition) is 1. The van der Waals surface area contributed by atoms with Crippen LogP contribution in [-0.4, -0.2) is 47.3 Å². The van der Waals surface area contributed by atoms with Gasteiger partial charge in [-0.15, -0.1) is 0 Å². The molecule has 0 bridgehead atoms. The van der Waals surface area contributed by atoms with Gasteiger partial charge in [0.15, 0.2) is 0 Å². The molecule has 1 aromatic rings. The van der Waals surface area contributed by atoms with Crippen molar-refractivity contribution >= 4 is 17.5 Å². The molecule has 3 aliphatic rings. The van der Waals surface area contributed by atoms with Crippen LogP contribution in [0.2, 0.25) is 0 Å². The first-order valence-electron chi connectivity index (χ1n) is 9.63. The summed E-state index contributed by atoms with van der Waals surface area (Å²) >= 11 is 0. The molecule has 1 aliphatic carbocycles. The number of likely N-dealkylation sites (tertiary alicyclic amines) is 2. The number of nitrogens with zero attached hydrogens (tertiary/aromatic N) is 2. The second-order valence-corrected chi connectivity index (χ2v) is 7.64. The molecule has 5 nitrogen and oxygen atoms in total. The van der Waals surface area contributed by atoms with Crippen molar-refractivity contribution in [3.63, 3.8) is 0 Å². The highest BCUT2D eigenvalue weighted by atomic mass is 16.2.